The van der Waals surface area contributed by atoms with Gasteiger partial charge in [-0.2, -0.15) is 0 Å². The van der Waals surface area contributed by atoms with Crippen LogP contribution < -0.4 is 0 Å². The molecule has 1 aromatic carbocycles. The van der Waals surface area contributed by atoms with Crippen molar-refractivity contribution in [2.75, 3.05) is 0 Å². The average Bonchev–Trinajstić information content (AvgIpc) is 2.27. The quantitative estimate of drug-likeness (QED) is 0.715. The summed E-state index contributed by atoms with van der Waals surface area (Å²) in [5, 5.41) is 19.5. The molecule has 2 N–H and O–H groups in total. The molecule has 1 rings (SSSR count). The molecule has 76 valence electrons. The third-order valence-corrected chi connectivity index (χ3v) is 2.38. The molecule has 14 heavy (non-hydrogen) atoms. The monoisotopic (exact) mass is 192 g/mol. The first-order chi connectivity index (χ1) is 6.66. The van der Waals surface area contributed by atoms with Gasteiger partial charge in [-0.3, -0.25) is 0 Å². The minimum atomic E-state index is -0.843. The highest BCUT2D eigenvalue weighted by atomic mass is 16.3. The predicted octanol–water partition coefficient (Wildman–Crippen LogP) is 1.90. The molecule has 0 bridgehead atoms. The van der Waals surface area contributed by atoms with Crippen LogP contribution in [0.15, 0.2) is 43.0 Å². The summed E-state index contributed by atoms with van der Waals surface area (Å²) in [5.41, 5.74) is 0.730. The zero-order valence-electron chi connectivity index (χ0n) is 8.30. The van der Waals surface area contributed by atoms with Gasteiger partial charge in [0.25, 0.3) is 0 Å². The van der Waals surface area contributed by atoms with Gasteiger partial charge in [0.05, 0.1) is 6.10 Å². The number of aliphatic hydroxyl groups is 2. The van der Waals surface area contributed by atoms with Crippen molar-refractivity contribution in [2.24, 2.45) is 5.92 Å². The highest BCUT2D eigenvalue weighted by Gasteiger charge is 2.21. The number of hydrogen-bond donors (Lipinski definition) is 2. The van der Waals surface area contributed by atoms with Crippen LogP contribution in [0, 0.1) is 5.92 Å². The van der Waals surface area contributed by atoms with Gasteiger partial charge in [0.15, 0.2) is 0 Å². The lowest BCUT2D eigenvalue weighted by molar-refractivity contribution is -0.00252. The van der Waals surface area contributed by atoms with E-state index in [9.17, 15) is 10.2 Å². The highest BCUT2D eigenvalue weighted by molar-refractivity contribution is 5.18. The van der Waals surface area contributed by atoms with Crippen molar-refractivity contribution in [2.45, 2.75) is 19.1 Å². The fourth-order valence-electron chi connectivity index (χ4n) is 1.27. The molecule has 0 aliphatic rings. The third-order valence-electron chi connectivity index (χ3n) is 2.38. The summed E-state index contributed by atoms with van der Waals surface area (Å²) in [4.78, 5) is 0. The molecule has 0 aliphatic carbocycles. The van der Waals surface area contributed by atoms with Crippen LogP contribution in [0.4, 0.5) is 0 Å². The van der Waals surface area contributed by atoms with E-state index >= 15 is 0 Å². The molecule has 0 spiro atoms. The van der Waals surface area contributed by atoms with E-state index in [2.05, 4.69) is 6.58 Å². The van der Waals surface area contributed by atoms with E-state index in [0.717, 1.165) is 5.56 Å². The lowest BCUT2D eigenvalue weighted by Gasteiger charge is -2.21. The minimum Gasteiger partial charge on any atom is -0.389 e. The molecule has 0 saturated heterocycles. The Labute approximate surface area is 84.5 Å². The molecule has 0 heterocycles. The molecule has 2 heteroatoms. The van der Waals surface area contributed by atoms with Gasteiger partial charge in [0.1, 0.15) is 6.10 Å². The van der Waals surface area contributed by atoms with E-state index in [1.165, 1.54) is 0 Å². The van der Waals surface area contributed by atoms with Crippen molar-refractivity contribution in [1.82, 2.24) is 0 Å². The first kappa shape index (κ1) is 11.0. The van der Waals surface area contributed by atoms with Gasteiger partial charge in [-0.05, 0) is 5.56 Å². The van der Waals surface area contributed by atoms with Crippen molar-refractivity contribution >= 4 is 0 Å². The second-order valence-electron chi connectivity index (χ2n) is 3.44. The first-order valence-corrected chi connectivity index (χ1v) is 4.70. The van der Waals surface area contributed by atoms with E-state index in [1.54, 1.807) is 18.2 Å². The van der Waals surface area contributed by atoms with E-state index < -0.39 is 12.2 Å². The molecule has 0 aliphatic heterocycles. The van der Waals surface area contributed by atoms with Crippen molar-refractivity contribution in [3.8, 4) is 0 Å². The summed E-state index contributed by atoms with van der Waals surface area (Å²) in [7, 11) is 0. The Kier molecular flexibility index (Phi) is 3.86. The predicted molar refractivity (Wildman–Crippen MR) is 56.8 cm³/mol. The minimum absolute atomic E-state index is 0.120. The SMILES string of the molecule is C=C[C@H](C)[C@H](O)[C@@H](O)c1ccccc1. The molecular formula is C12H16O2. The standard InChI is InChI=1S/C12H16O2/c1-3-9(2)11(13)12(14)10-7-5-4-6-8-10/h3-9,11-14H,1H2,2H3/t9-,11-,12-/m0/s1. The van der Waals surface area contributed by atoms with Crippen LogP contribution in [0.3, 0.4) is 0 Å². The van der Waals surface area contributed by atoms with Crippen LogP contribution in [-0.2, 0) is 0 Å². The van der Waals surface area contributed by atoms with Gasteiger partial charge >= 0.3 is 0 Å². The van der Waals surface area contributed by atoms with Crippen LogP contribution >= 0.6 is 0 Å². The summed E-state index contributed by atoms with van der Waals surface area (Å²) >= 11 is 0. The Morgan fingerprint density at radius 1 is 1.21 bits per heavy atom. The molecular weight excluding hydrogens is 176 g/mol. The summed E-state index contributed by atoms with van der Waals surface area (Å²) < 4.78 is 0. The maximum Gasteiger partial charge on any atom is 0.105 e. The van der Waals surface area contributed by atoms with Crippen LogP contribution in [0.1, 0.15) is 18.6 Å². The molecule has 0 saturated carbocycles. The molecule has 0 radical (unpaired) electrons. The van der Waals surface area contributed by atoms with Crippen molar-refractivity contribution < 1.29 is 10.2 Å². The fraction of sp³-hybridized carbons (Fsp3) is 0.333. The zero-order valence-corrected chi connectivity index (χ0v) is 8.30. The lowest BCUT2D eigenvalue weighted by Crippen LogP contribution is -2.24. The fourth-order valence-corrected chi connectivity index (χ4v) is 1.27. The first-order valence-electron chi connectivity index (χ1n) is 4.70. The summed E-state index contributed by atoms with van der Waals surface area (Å²) in [6.45, 7) is 5.41. The second kappa shape index (κ2) is 4.94. The summed E-state index contributed by atoms with van der Waals surface area (Å²) in [5.74, 6) is -0.120. The van der Waals surface area contributed by atoms with E-state index in [4.69, 9.17) is 0 Å². The summed E-state index contributed by atoms with van der Waals surface area (Å²) in [6, 6.07) is 9.14. The maximum absolute atomic E-state index is 9.79. The van der Waals surface area contributed by atoms with Gasteiger partial charge in [0.2, 0.25) is 0 Å². The number of benzene rings is 1. The van der Waals surface area contributed by atoms with Gasteiger partial charge < -0.3 is 10.2 Å². The van der Waals surface area contributed by atoms with E-state index in [1.807, 2.05) is 25.1 Å². The molecule has 0 amide bonds. The number of aliphatic hydroxyl groups excluding tert-OH is 2. The van der Waals surface area contributed by atoms with Gasteiger partial charge in [-0.1, -0.05) is 43.3 Å². The van der Waals surface area contributed by atoms with Crippen molar-refractivity contribution in [1.29, 1.82) is 0 Å². The summed E-state index contributed by atoms with van der Waals surface area (Å²) in [6.07, 6.45) is -0.00398. The Morgan fingerprint density at radius 2 is 1.79 bits per heavy atom. The van der Waals surface area contributed by atoms with Gasteiger partial charge in [0, 0.05) is 5.92 Å². The van der Waals surface area contributed by atoms with Crippen molar-refractivity contribution in [3.05, 3.63) is 48.6 Å². The Morgan fingerprint density at radius 3 is 2.29 bits per heavy atom. The molecule has 0 unspecified atom stereocenters. The zero-order chi connectivity index (χ0) is 10.6. The van der Waals surface area contributed by atoms with Crippen LogP contribution in [-0.4, -0.2) is 16.3 Å². The lowest BCUT2D eigenvalue weighted by atomic mass is 9.95. The Bertz CT molecular complexity index is 282. The van der Waals surface area contributed by atoms with Crippen molar-refractivity contribution in [3.63, 3.8) is 0 Å². The van der Waals surface area contributed by atoms with Gasteiger partial charge in [-0.15, -0.1) is 6.58 Å². The largest absolute Gasteiger partial charge is 0.389 e. The van der Waals surface area contributed by atoms with E-state index in [-0.39, 0.29) is 5.92 Å². The average molecular weight is 192 g/mol. The highest BCUT2D eigenvalue weighted by Crippen LogP contribution is 2.21. The third kappa shape index (κ3) is 2.44. The Hall–Kier alpha value is -1.12. The van der Waals surface area contributed by atoms with E-state index in [0.29, 0.717) is 0 Å². The van der Waals surface area contributed by atoms with Crippen LogP contribution in [0.25, 0.3) is 0 Å². The molecule has 0 aromatic heterocycles. The van der Waals surface area contributed by atoms with Crippen LogP contribution in [0.5, 0.6) is 0 Å². The second-order valence-corrected chi connectivity index (χ2v) is 3.44. The smallest absolute Gasteiger partial charge is 0.105 e. The van der Waals surface area contributed by atoms with Crippen LogP contribution in [0.2, 0.25) is 0 Å². The molecule has 3 atom stereocenters. The normalized spacial score (nSPS) is 17.1. The molecule has 1 aromatic rings. The number of rotatable bonds is 4. The Balaban J connectivity index is 2.75. The molecule has 0 fully saturated rings. The maximum atomic E-state index is 9.79. The topological polar surface area (TPSA) is 40.5 Å². The van der Waals surface area contributed by atoms with Gasteiger partial charge in [-0.25, -0.2) is 0 Å². The molecule has 2 nitrogen and oxygen atoms in total. The number of hydrogen-bond acceptors (Lipinski definition) is 2.